The minimum Gasteiger partial charge on any atom is -0.396 e. The lowest BCUT2D eigenvalue weighted by Crippen LogP contribution is -2.60. The summed E-state index contributed by atoms with van der Waals surface area (Å²) in [5.74, 6) is 0. The quantitative estimate of drug-likeness (QED) is 0.324. The van der Waals surface area contributed by atoms with Gasteiger partial charge in [-0.3, -0.25) is 4.90 Å². The van der Waals surface area contributed by atoms with Gasteiger partial charge in [-0.15, -0.1) is 0 Å². The molecule has 6 heteroatoms. The molecular formula is C25H25ClF3NO. The maximum Gasteiger partial charge on any atom is 0.425 e. The summed E-state index contributed by atoms with van der Waals surface area (Å²) in [5.41, 5.74) is 0.0408. The fourth-order valence-electron chi connectivity index (χ4n) is 4.05. The number of rotatable bonds is 8. The average Bonchev–Trinajstić information content (AvgIpc) is 2.80. The first-order valence-corrected chi connectivity index (χ1v) is 10.4. The van der Waals surface area contributed by atoms with Crippen LogP contribution in [-0.4, -0.2) is 29.3 Å². The van der Waals surface area contributed by atoms with Crippen LogP contribution in [0.5, 0.6) is 0 Å². The molecule has 164 valence electrons. The minimum absolute atomic E-state index is 0.0693. The molecule has 0 aromatic heterocycles. The van der Waals surface area contributed by atoms with Gasteiger partial charge in [0.15, 0.2) is 0 Å². The third-order valence-electron chi connectivity index (χ3n) is 5.66. The molecule has 0 aliphatic heterocycles. The van der Waals surface area contributed by atoms with Gasteiger partial charge < -0.3 is 5.11 Å². The van der Waals surface area contributed by atoms with Crippen LogP contribution in [-0.2, 0) is 10.5 Å². The van der Waals surface area contributed by atoms with Gasteiger partial charge in [-0.1, -0.05) is 103 Å². The highest BCUT2D eigenvalue weighted by Gasteiger charge is 2.62. The Labute approximate surface area is 185 Å². The smallest absolute Gasteiger partial charge is 0.396 e. The van der Waals surface area contributed by atoms with E-state index in [1.54, 1.807) is 73.7 Å². The molecule has 1 unspecified atom stereocenters. The first kappa shape index (κ1) is 23.3. The molecule has 0 aliphatic rings. The molecule has 0 heterocycles. The maximum atomic E-state index is 14.8. The summed E-state index contributed by atoms with van der Waals surface area (Å²) in [4.78, 5) is -1.55. The number of hydrogen-bond acceptors (Lipinski definition) is 2. The Hall–Kier alpha value is -2.34. The predicted molar refractivity (Wildman–Crippen MR) is 118 cm³/mol. The molecule has 0 aliphatic carbocycles. The first-order valence-electron chi connectivity index (χ1n) is 10.1. The van der Waals surface area contributed by atoms with Crippen molar-refractivity contribution in [3.63, 3.8) is 0 Å². The van der Waals surface area contributed by atoms with Crippen LogP contribution in [0.2, 0.25) is 0 Å². The Morgan fingerprint density at radius 3 is 1.48 bits per heavy atom. The van der Waals surface area contributed by atoms with Gasteiger partial charge in [-0.2, -0.15) is 13.2 Å². The molecular weight excluding hydrogens is 423 g/mol. The Kier molecular flexibility index (Phi) is 7.10. The van der Waals surface area contributed by atoms with Gasteiger partial charge in [0.25, 0.3) is 0 Å². The fourth-order valence-corrected chi connectivity index (χ4v) is 4.43. The highest BCUT2D eigenvalue weighted by Crippen LogP contribution is 2.53. The van der Waals surface area contributed by atoms with E-state index in [-0.39, 0.29) is 25.1 Å². The van der Waals surface area contributed by atoms with Gasteiger partial charge in [0, 0.05) is 13.2 Å². The van der Waals surface area contributed by atoms with Gasteiger partial charge >= 0.3 is 6.18 Å². The number of benzene rings is 3. The molecule has 0 saturated heterocycles. The minimum atomic E-state index is -4.80. The van der Waals surface area contributed by atoms with E-state index >= 15 is 0 Å². The highest BCUT2D eigenvalue weighted by molar-refractivity contribution is 6.24. The van der Waals surface area contributed by atoms with Crippen molar-refractivity contribution >= 4 is 11.6 Å². The van der Waals surface area contributed by atoms with Crippen molar-refractivity contribution in [3.8, 4) is 0 Å². The molecule has 1 N–H and O–H groups in total. The largest absolute Gasteiger partial charge is 0.425 e. The summed E-state index contributed by atoms with van der Waals surface area (Å²) in [6.07, 6.45) is -4.66. The monoisotopic (exact) mass is 447 g/mol. The second-order valence-electron chi connectivity index (χ2n) is 7.52. The van der Waals surface area contributed by atoms with E-state index in [1.165, 1.54) is 17.0 Å². The zero-order valence-electron chi connectivity index (χ0n) is 17.2. The van der Waals surface area contributed by atoms with Crippen molar-refractivity contribution in [3.05, 3.63) is 108 Å². The molecule has 0 bridgehead atoms. The van der Waals surface area contributed by atoms with Crippen LogP contribution in [0.15, 0.2) is 91.0 Å². The highest BCUT2D eigenvalue weighted by atomic mass is 35.5. The Balaban J connectivity index is 2.34. The number of alkyl halides is 4. The molecule has 31 heavy (non-hydrogen) atoms. The van der Waals surface area contributed by atoms with Crippen molar-refractivity contribution in [1.82, 2.24) is 4.90 Å². The number of halogens is 4. The molecule has 0 spiro atoms. The third kappa shape index (κ3) is 4.36. The van der Waals surface area contributed by atoms with Crippen LogP contribution in [0.4, 0.5) is 13.2 Å². The lowest BCUT2D eigenvalue weighted by Gasteiger charge is -2.51. The summed E-state index contributed by atoms with van der Waals surface area (Å²) in [6.45, 7) is 1.42. The lowest BCUT2D eigenvalue weighted by molar-refractivity contribution is -0.220. The molecule has 0 amide bonds. The second kappa shape index (κ2) is 9.43. The number of hydrogen-bond donors (Lipinski definition) is 1. The Bertz CT molecular complexity index is 911. The Morgan fingerprint density at radius 1 is 0.742 bits per heavy atom. The van der Waals surface area contributed by atoms with E-state index in [1.807, 2.05) is 12.1 Å². The van der Waals surface area contributed by atoms with E-state index in [2.05, 4.69) is 0 Å². The van der Waals surface area contributed by atoms with E-state index in [4.69, 9.17) is 11.6 Å². The molecule has 0 saturated carbocycles. The first-order chi connectivity index (χ1) is 14.8. The van der Waals surface area contributed by atoms with Gasteiger partial charge in [0.2, 0.25) is 5.00 Å². The van der Waals surface area contributed by atoms with E-state index in [0.29, 0.717) is 11.1 Å². The molecule has 0 fully saturated rings. The molecule has 3 rings (SSSR count). The number of aliphatic hydroxyl groups is 1. The van der Waals surface area contributed by atoms with Crippen molar-refractivity contribution < 1.29 is 18.3 Å². The standard InChI is InChI=1S/C25H25ClF3NO/c1-23(20-12-5-2-6-13-20,21-14-7-3-8-15-21)30(18-11-19-31)24(26,25(27,28)29)22-16-9-4-10-17-22/h2-10,12-17,31H,11,18-19H2,1H3. The summed E-state index contributed by atoms with van der Waals surface area (Å²) < 4.78 is 44.4. The fraction of sp³-hybridized carbons (Fsp3) is 0.280. The van der Waals surface area contributed by atoms with Crippen LogP contribution in [0.1, 0.15) is 30.0 Å². The maximum absolute atomic E-state index is 14.8. The summed E-state index contributed by atoms with van der Waals surface area (Å²) in [5, 5.41) is 9.51. The average molecular weight is 448 g/mol. The summed E-state index contributed by atoms with van der Waals surface area (Å²) in [7, 11) is 0. The van der Waals surface area contributed by atoms with E-state index in [0.717, 1.165) is 0 Å². The van der Waals surface area contributed by atoms with Crippen molar-refractivity contribution in [1.29, 1.82) is 0 Å². The topological polar surface area (TPSA) is 23.5 Å². The zero-order valence-corrected chi connectivity index (χ0v) is 17.9. The van der Waals surface area contributed by atoms with Crippen molar-refractivity contribution in [2.24, 2.45) is 0 Å². The van der Waals surface area contributed by atoms with E-state index < -0.39 is 16.7 Å². The van der Waals surface area contributed by atoms with Crippen LogP contribution in [0.25, 0.3) is 0 Å². The summed E-state index contributed by atoms with van der Waals surface area (Å²) in [6, 6.07) is 25.6. The van der Waals surface area contributed by atoms with Crippen LogP contribution >= 0.6 is 11.6 Å². The predicted octanol–water partition coefficient (Wildman–Crippen LogP) is 6.29. The van der Waals surface area contributed by atoms with Gasteiger partial charge in [0.05, 0.1) is 5.54 Å². The zero-order chi connectivity index (χ0) is 22.5. The van der Waals surface area contributed by atoms with Crippen LogP contribution < -0.4 is 0 Å². The van der Waals surface area contributed by atoms with Crippen LogP contribution in [0.3, 0.4) is 0 Å². The number of nitrogens with zero attached hydrogens (tertiary/aromatic N) is 1. The number of aliphatic hydroxyl groups excluding tert-OH is 1. The normalized spacial score (nSPS) is 14.4. The molecule has 2 nitrogen and oxygen atoms in total. The second-order valence-corrected chi connectivity index (χ2v) is 8.07. The SMILES string of the molecule is CC(c1ccccc1)(c1ccccc1)N(CCCO)C(Cl)(c1ccccc1)C(F)(F)F. The van der Waals surface area contributed by atoms with E-state index in [9.17, 15) is 18.3 Å². The van der Waals surface area contributed by atoms with Gasteiger partial charge in [-0.05, 0) is 30.0 Å². The third-order valence-corrected chi connectivity index (χ3v) is 6.29. The van der Waals surface area contributed by atoms with Crippen LogP contribution in [0, 0.1) is 0 Å². The van der Waals surface area contributed by atoms with Crippen molar-refractivity contribution in [2.75, 3.05) is 13.2 Å². The molecule has 0 radical (unpaired) electrons. The molecule has 3 aromatic carbocycles. The Morgan fingerprint density at radius 2 is 1.13 bits per heavy atom. The lowest BCUT2D eigenvalue weighted by atomic mass is 9.80. The van der Waals surface area contributed by atoms with Gasteiger partial charge in [0.1, 0.15) is 0 Å². The van der Waals surface area contributed by atoms with Crippen molar-refractivity contribution in [2.45, 2.75) is 30.1 Å². The molecule has 3 aromatic rings. The van der Waals surface area contributed by atoms with Gasteiger partial charge in [-0.25, -0.2) is 0 Å². The summed E-state index contributed by atoms with van der Waals surface area (Å²) >= 11 is 6.65. The molecule has 1 atom stereocenters.